The van der Waals surface area contributed by atoms with E-state index >= 15 is 0 Å². The van der Waals surface area contributed by atoms with Crippen LogP contribution in [0.3, 0.4) is 0 Å². The van der Waals surface area contributed by atoms with Crippen molar-refractivity contribution in [1.82, 2.24) is 4.98 Å². The van der Waals surface area contributed by atoms with Crippen LogP contribution in [0, 0.1) is 20.8 Å². The van der Waals surface area contributed by atoms with E-state index in [0.29, 0.717) is 0 Å². The Kier molecular flexibility index (Phi) is 3.57. The van der Waals surface area contributed by atoms with Gasteiger partial charge in [-0.3, -0.25) is 4.79 Å². The van der Waals surface area contributed by atoms with Crippen LogP contribution in [-0.2, 0) is 4.79 Å². The van der Waals surface area contributed by atoms with E-state index in [2.05, 4.69) is 31.0 Å². The van der Waals surface area contributed by atoms with E-state index in [-0.39, 0.29) is 5.75 Å². The van der Waals surface area contributed by atoms with Crippen LogP contribution in [0.1, 0.15) is 16.7 Å². The molecule has 1 aromatic carbocycles. The quantitative estimate of drug-likeness (QED) is 0.861. The SMILES string of the molecule is Cc1ccc2c(C)cc(SCC(=O)O)nc2c1C. The molecule has 0 unspecified atom stereocenters. The first kappa shape index (κ1) is 12.9. The summed E-state index contributed by atoms with van der Waals surface area (Å²) in [6.45, 7) is 6.14. The third-order valence-electron chi connectivity index (χ3n) is 3.03. The maximum atomic E-state index is 10.6. The van der Waals surface area contributed by atoms with Gasteiger partial charge in [0.25, 0.3) is 0 Å². The van der Waals surface area contributed by atoms with E-state index in [1.54, 1.807) is 0 Å². The molecule has 0 fully saturated rings. The smallest absolute Gasteiger partial charge is 0.313 e. The number of hydrogen-bond acceptors (Lipinski definition) is 3. The summed E-state index contributed by atoms with van der Waals surface area (Å²) in [6.07, 6.45) is 0. The number of rotatable bonds is 3. The van der Waals surface area contributed by atoms with Gasteiger partial charge in [0.2, 0.25) is 0 Å². The van der Waals surface area contributed by atoms with E-state index in [0.717, 1.165) is 27.1 Å². The van der Waals surface area contributed by atoms with Gasteiger partial charge in [-0.15, -0.1) is 0 Å². The Bertz CT molecular complexity index is 623. The maximum absolute atomic E-state index is 10.6. The lowest BCUT2D eigenvalue weighted by molar-refractivity contribution is -0.133. The molecule has 0 spiro atoms. The Balaban J connectivity index is 2.52. The molecule has 3 nitrogen and oxygen atoms in total. The van der Waals surface area contributed by atoms with Gasteiger partial charge in [0.1, 0.15) is 0 Å². The summed E-state index contributed by atoms with van der Waals surface area (Å²) in [4.78, 5) is 15.2. The zero-order chi connectivity index (χ0) is 13.3. The molecule has 18 heavy (non-hydrogen) atoms. The fourth-order valence-electron chi connectivity index (χ4n) is 1.88. The number of nitrogens with zero attached hydrogens (tertiary/aromatic N) is 1. The van der Waals surface area contributed by atoms with Crippen molar-refractivity contribution in [3.63, 3.8) is 0 Å². The summed E-state index contributed by atoms with van der Waals surface area (Å²) in [6, 6.07) is 6.12. The average Bonchev–Trinajstić information content (AvgIpc) is 2.32. The van der Waals surface area contributed by atoms with Crippen molar-refractivity contribution in [2.45, 2.75) is 25.8 Å². The minimum atomic E-state index is -0.819. The molecule has 2 aromatic rings. The molecule has 0 aliphatic rings. The number of benzene rings is 1. The zero-order valence-electron chi connectivity index (χ0n) is 10.7. The molecular weight excluding hydrogens is 246 g/mol. The predicted molar refractivity (Wildman–Crippen MR) is 74.3 cm³/mol. The van der Waals surface area contributed by atoms with Crippen LogP contribution in [0.25, 0.3) is 10.9 Å². The van der Waals surface area contributed by atoms with Gasteiger partial charge in [-0.05, 0) is 43.5 Å². The van der Waals surface area contributed by atoms with E-state index in [1.165, 1.54) is 17.3 Å². The number of aryl methyl sites for hydroxylation is 3. The molecule has 94 valence electrons. The van der Waals surface area contributed by atoms with Crippen LogP contribution in [0.5, 0.6) is 0 Å². The number of pyridine rings is 1. The number of carboxylic acids is 1. The van der Waals surface area contributed by atoms with Crippen molar-refractivity contribution in [3.05, 3.63) is 34.9 Å². The molecule has 0 saturated heterocycles. The normalized spacial score (nSPS) is 10.8. The Labute approximate surface area is 110 Å². The molecular formula is C14H15NO2S. The summed E-state index contributed by atoms with van der Waals surface area (Å²) in [7, 11) is 0. The molecule has 0 amide bonds. The van der Waals surface area contributed by atoms with Crippen molar-refractivity contribution in [2.75, 3.05) is 5.75 Å². The number of fused-ring (bicyclic) bond motifs is 1. The lowest BCUT2D eigenvalue weighted by Gasteiger charge is -2.09. The minimum Gasteiger partial charge on any atom is -0.481 e. The van der Waals surface area contributed by atoms with Gasteiger partial charge in [-0.2, -0.15) is 0 Å². The number of thioether (sulfide) groups is 1. The van der Waals surface area contributed by atoms with E-state index in [1.807, 2.05) is 13.0 Å². The van der Waals surface area contributed by atoms with Crippen molar-refractivity contribution in [2.24, 2.45) is 0 Å². The Morgan fingerprint density at radius 3 is 2.67 bits per heavy atom. The van der Waals surface area contributed by atoms with Crippen molar-refractivity contribution >= 4 is 28.6 Å². The fraction of sp³-hybridized carbons (Fsp3) is 0.286. The molecule has 0 bridgehead atoms. The summed E-state index contributed by atoms with van der Waals surface area (Å²) in [5.41, 5.74) is 4.47. The third kappa shape index (κ3) is 2.48. The van der Waals surface area contributed by atoms with Gasteiger partial charge in [0, 0.05) is 5.39 Å². The topological polar surface area (TPSA) is 50.2 Å². The molecule has 1 heterocycles. The second-order valence-corrected chi connectivity index (χ2v) is 5.36. The maximum Gasteiger partial charge on any atom is 0.313 e. The van der Waals surface area contributed by atoms with Crippen molar-refractivity contribution in [3.8, 4) is 0 Å². The molecule has 1 N–H and O–H groups in total. The Morgan fingerprint density at radius 2 is 2.00 bits per heavy atom. The Hall–Kier alpha value is -1.55. The van der Waals surface area contributed by atoms with Gasteiger partial charge in [-0.1, -0.05) is 23.9 Å². The second-order valence-electron chi connectivity index (χ2n) is 4.36. The highest BCUT2D eigenvalue weighted by Crippen LogP contribution is 2.27. The number of hydrogen-bond donors (Lipinski definition) is 1. The molecule has 4 heteroatoms. The molecule has 0 aliphatic heterocycles. The van der Waals surface area contributed by atoms with E-state index < -0.39 is 5.97 Å². The zero-order valence-corrected chi connectivity index (χ0v) is 11.5. The predicted octanol–water partition coefficient (Wildman–Crippen LogP) is 3.34. The summed E-state index contributed by atoms with van der Waals surface area (Å²) < 4.78 is 0. The minimum absolute atomic E-state index is 0.0445. The highest BCUT2D eigenvalue weighted by atomic mass is 32.2. The number of carbonyl (C=O) groups is 1. The third-order valence-corrected chi connectivity index (χ3v) is 3.93. The lowest BCUT2D eigenvalue weighted by Crippen LogP contribution is -1.99. The van der Waals surface area contributed by atoms with E-state index in [9.17, 15) is 4.79 Å². The van der Waals surface area contributed by atoms with Crippen LogP contribution in [-0.4, -0.2) is 21.8 Å². The first-order valence-electron chi connectivity index (χ1n) is 5.71. The fourth-order valence-corrected chi connectivity index (χ4v) is 2.57. The van der Waals surface area contributed by atoms with Gasteiger partial charge in [0.15, 0.2) is 0 Å². The summed E-state index contributed by atoms with van der Waals surface area (Å²) in [5, 5.41) is 10.6. The Morgan fingerprint density at radius 1 is 1.28 bits per heavy atom. The molecule has 0 saturated carbocycles. The van der Waals surface area contributed by atoms with Gasteiger partial charge in [-0.25, -0.2) is 4.98 Å². The average molecular weight is 261 g/mol. The monoisotopic (exact) mass is 261 g/mol. The highest BCUT2D eigenvalue weighted by Gasteiger charge is 2.08. The van der Waals surface area contributed by atoms with Crippen LogP contribution in [0.2, 0.25) is 0 Å². The summed E-state index contributed by atoms with van der Waals surface area (Å²) >= 11 is 1.26. The standard InChI is InChI=1S/C14H15NO2S/c1-8-4-5-11-9(2)6-12(18-7-13(16)17)15-14(11)10(8)3/h4-6H,7H2,1-3H3,(H,16,17). The summed E-state index contributed by atoms with van der Waals surface area (Å²) in [5.74, 6) is -0.775. The van der Waals surface area contributed by atoms with Crippen LogP contribution in [0.4, 0.5) is 0 Å². The molecule has 0 atom stereocenters. The van der Waals surface area contributed by atoms with Gasteiger partial charge >= 0.3 is 5.97 Å². The van der Waals surface area contributed by atoms with Crippen LogP contribution < -0.4 is 0 Å². The van der Waals surface area contributed by atoms with Crippen molar-refractivity contribution in [1.29, 1.82) is 0 Å². The largest absolute Gasteiger partial charge is 0.481 e. The highest BCUT2D eigenvalue weighted by molar-refractivity contribution is 7.99. The van der Waals surface area contributed by atoms with E-state index in [4.69, 9.17) is 5.11 Å². The van der Waals surface area contributed by atoms with Crippen molar-refractivity contribution < 1.29 is 9.90 Å². The molecule has 2 rings (SSSR count). The second kappa shape index (κ2) is 4.98. The van der Waals surface area contributed by atoms with Gasteiger partial charge < -0.3 is 5.11 Å². The number of aliphatic carboxylic acids is 1. The first-order valence-corrected chi connectivity index (χ1v) is 6.69. The number of carboxylic acid groups (broad SMARTS) is 1. The van der Waals surface area contributed by atoms with Crippen LogP contribution in [0.15, 0.2) is 23.2 Å². The van der Waals surface area contributed by atoms with Crippen LogP contribution >= 0.6 is 11.8 Å². The lowest BCUT2D eigenvalue weighted by atomic mass is 10.0. The number of aromatic nitrogens is 1. The van der Waals surface area contributed by atoms with Gasteiger partial charge in [0.05, 0.1) is 16.3 Å². The molecule has 1 aromatic heterocycles. The first-order chi connectivity index (χ1) is 8.49. The molecule has 0 radical (unpaired) electrons. The molecule has 0 aliphatic carbocycles.